The van der Waals surface area contributed by atoms with Gasteiger partial charge in [-0.3, -0.25) is 9.59 Å². The lowest BCUT2D eigenvalue weighted by Crippen LogP contribution is -2.25. The number of anilines is 2. The van der Waals surface area contributed by atoms with Gasteiger partial charge in [-0.1, -0.05) is 42.5 Å². The van der Waals surface area contributed by atoms with Gasteiger partial charge in [0.2, 0.25) is 11.8 Å². The highest BCUT2D eigenvalue weighted by Crippen LogP contribution is 2.25. The molecule has 0 fully saturated rings. The standard InChI is InChI=1S/C18H20N2O3/c1-13(21)20(2)16-11-7-6-10-15(16)19-18(23)12-17(22)14-8-4-3-5-9-14/h3-11,17,22H,12H2,1-2H3,(H,19,23). The summed E-state index contributed by atoms with van der Waals surface area (Å²) in [6, 6.07) is 16.1. The van der Waals surface area contributed by atoms with Crippen LogP contribution in [-0.2, 0) is 9.59 Å². The van der Waals surface area contributed by atoms with Crippen LogP contribution in [0.4, 0.5) is 11.4 Å². The molecule has 2 aromatic carbocycles. The maximum absolute atomic E-state index is 12.2. The zero-order valence-corrected chi connectivity index (χ0v) is 13.2. The van der Waals surface area contributed by atoms with Gasteiger partial charge in [0.05, 0.1) is 23.9 Å². The third-order valence-electron chi connectivity index (χ3n) is 3.57. The van der Waals surface area contributed by atoms with E-state index in [2.05, 4.69) is 5.32 Å². The third kappa shape index (κ3) is 4.40. The van der Waals surface area contributed by atoms with Gasteiger partial charge >= 0.3 is 0 Å². The highest BCUT2D eigenvalue weighted by Gasteiger charge is 2.16. The summed E-state index contributed by atoms with van der Waals surface area (Å²) < 4.78 is 0. The smallest absolute Gasteiger partial charge is 0.227 e. The Balaban J connectivity index is 2.08. The molecule has 0 radical (unpaired) electrons. The Labute approximate surface area is 135 Å². The molecule has 1 atom stereocenters. The second-order valence-electron chi connectivity index (χ2n) is 5.27. The summed E-state index contributed by atoms with van der Waals surface area (Å²) in [6.45, 7) is 1.46. The van der Waals surface area contributed by atoms with Gasteiger partial charge in [0.1, 0.15) is 0 Å². The highest BCUT2D eigenvalue weighted by molar-refractivity contribution is 6.00. The Morgan fingerprint density at radius 1 is 1.09 bits per heavy atom. The van der Waals surface area contributed by atoms with E-state index in [0.717, 1.165) is 0 Å². The molecule has 120 valence electrons. The van der Waals surface area contributed by atoms with Gasteiger partial charge < -0.3 is 15.3 Å². The zero-order valence-electron chi connectivity index (χ0n) is 13.2. The summed E-state index contributed by atoms with van der Waals surface area (Å²) in [5.74, 6) is -0.443. The van der Waals surface area contributed by atoms with Gasteiger partial charge in [0.15, 0.2) is 0 Å². The Kier molecular flexibility index (Phi) is 5.49. The van der Waals surface area contributed by atoms with Gasteiger partial charge in [-0.15, -0.1) is 0 Å². The average Bonchev–Trinajstić information content (AvgIpc) is 2.55. The number of hydrogen-bond acceptors (Lipinski definition) is 3. The Bertz CT molecular complexity index is 686. The molecule has 0 bridgehead atoms. The second-order valence-corrected chi connectivity index (χ2v) is 5.27. The number of amides is 2. The number of carbonyl (C=O) groups is 2. The molecular weight excluding hydrogens is 292 g/mol. The number of aliphatic hydroxyl groups excluding tert-OH is 1. The van der Waals surface area contributed by atoms with Gasteiger partial charge in [0.25, 0.3) is 0 Å². The first-order valence-corrected chi connectivity index (χ1v) is 7.35. The second kappa shape index (κ2) is 7.56. The molecule has 5 heteroatoms. The van der Waals surface area contributed by atoms with E-state index in [4.69, 9.17) is 0 Å². The predicted octanol–water partition coefficient (Wildman–Crippen LogP) is 2.73. The number of benzene rings is 2. The third-order valence-corrected chi connectivity index (χ3v) is 3.57. The van der Waals surface area contributed by atoms with Crippen molar-refractivity contribution in [2.24, 2.45) is 0 Å². The molecule has 1 unspecified atom stereocenters. The van der Waals surface area contributed by atoms with Crippen molar-refractivity contribution in [2.75, 3.05) is 17.3 Å². The van der Waals surface area contributed by atoms with Gasteiger partial charge in [0, 0.05) is 14.0 Å². The fourth-order valence-corrected chi connectivity index (χ4v) is 2.21. The first-order valence-electron chi connectivity index (χ1n) is 7.35. The van der Waals surface area contributed by atoms with Crippen LogP contribution in [0.2, 0.25) is 0 Å². The van der Waals surface area contributed by atoms with Crippen LogP contribution < -0.4 is 10.2 Å². The zero-order chi connectivity index (χ0) is 16.8. The summed E-state index contributed by atoms with van der Waals surface area (Å²) in [5, 5.41) is 12.9. The summed E-state index contributed by atoms with van der Waals surface area (Å²) in [6.07, 6.45) is -0.920. The predicted molar refractivity (Wildman–Crippen MR) is 90.2 cm³/mol. The van der Waals surface area contributed by atoms with Crippen molar-refractivity contribution < 1.29 is 14.7 Å². The van der Waals surface area contributed by atoms with Crippen LogP contribution in [0, 0.1) is 0 Å². The first kappa shape index (κ1) is 16.7. The SMILES string of the molecule is CC(=O)N(C)c1ccccc1NC(=O)CC(O)c1ccccc1. The quantitative estimate of drug-likeness (QED) is 0.892. The first-order chi connectivity index (χ1) is 11.0. The fraction of sp³-hybridized carbons (Fsp3) is 0.222. The normalized spacial score (nSPS) is 11.6. The summed E-state index contributed by atoms with van der Waals surface area (Å²) >= 11 is 0. The molecule has 0 aliphatic heterocycles. The summed E-state index contributed by atoms with van der Waals surface area (Å²) in [5.41, 5.74) is 1.84. The number of rotatable bonds is 5. The monoisotopic (exact) mass is 312 g/mol. The fourth-order valence-electron chi connectivity index (χ4n) is 2.21. The largest absolute Gasteiger partial charge is 0.388 e. The van der Waals surface area contributed by atoms with E-state index in [1.165, 1.54) is 11.8 Å². The number of para-hydroxylation sites is 2. The Morgan fingerprint density at radius 3 is 2.35 bits per heavy atom. The van der Waals surface area contributed by atoms with Crippen molar-refractivity contribution in [1.29, 1.82) is 0 Å². The van der Waals surface area contributed by atoms with Crippen molar-refractivity contribution in [3.8, 4) is 0 Å². The number of carbonyl (C=O) groups excluding carboxylic acids is 2. The van der Waals surface area contributed by atoms with E-state index in [1.807, 2.05) is 18.2 Å². The van der Waals surface area contributed by atoms with Crippen molar-refractivity contribution in [3.63, 3.8) is 0 Å². The number of aliphatic hydroxyl groups is 1. The molecule has 5 nitrogen and oxygen atoms in total. The van der Waals surface area contributed by atoms with Crippen molar-refractivity contribution >= 4 is 23.2 Å². The van der Waals surface area contributed by atoms with E-state index in [-0.39, 0.29) is 18.2 Å². The van der Waals surface area contributed by atoms with Crippen LogP contribution in [0.15, 0.2) is 54.6 Å². The van der Waals surface area contributed by atoms with Gasteiger partial charge in [-0.25, -0.2) is 0 Å². The van der Waals surface area contributed by atoms with Crippen molar-refractivity contribution in [3.05, 3.63) is 60.2 Å². The van der Waals surface area contributed by atoms with Crippen LogP contribution in [-0.4, -0.2) is 24.0 Å². The molecule has 2 amide bonds. The molecule has 2 rings (SSSR count). The molecule has 0 aliphatic rings. The Morgan fingerprint density at radius 2 is 1.70 bits per heavy atom. The van der Waals surface area contributed by atoms with Gasteiger partial charge in [-0.05, 0) is 17.7 Å². The number of nitrogens with one attached hydrogen (secondary N) is 1. The summed E-state index contributed by atoms with van der Waals surface area (Å²) in [4.78, 5) is 25.1. The molecule has 0 aromatic heterocycles. The molecule has 0 saturated heterocycles. The maximum atomic E-state index is 12.2. The lowest BCUT2D eigenvalue weighted by Gasteiger charge is -2.20. The van der Waals surface area contributed by atoms with Crippen LogP contribution >= 0.6 is 0 Å². The minimum atomic E-state index is -0.867. The van der Waals surface area contributed by atoms with Crippen LogP contribution in [0.3, 0.4) is 0 Å². The minimum absolute atomic E-state index is 0.0534. The van der Waals surface area contributed by atoms with E-state index >= 15 is 0 Å². The van der Waals surface area contributed by atoms with Crippen LogP contribution in [0.1, 0.15) is 25.0 Å². The molecule has 0 saturated carbocycles. The van der Waals surface area contributed by atoms with Crippen LogP contribution in [0.5, 0.6) is 0 Å². The van der Waals surface area contributed by atoms with E-state index in [0.29, 0.717) is 16.9 Å². The average molecular weight is 312 g/mol. The van der Waals surface area contributed by atoms with Gasteiger partial charge in [-0.2, -0.15) is 0 Å². The number of nitrogens with zero attached hydrogens (tertiary/aromatic N) is 1. The molecule has 0 aliphatic carbocycles. The highest BCUT2D eigenvalue weighted by atomic mass is 16.3. The Hall–Kier alpha value is -2.66. The minimum Gasteiger partial charge on any atom is -0.388 e. The molecule has 23 heavy (non-hydrogen) atoms. The topological polar surface area (TPSA) is 69.6 Å². The molecule has 2 N–H and O–H groups in total. The molecule has 2 aromatic rings. The van der Waals surface area contributed by atoms with E-state index < -0.39 is 6.10 Å². The molecule has 0 spiro atoms. The van der Waals surface area contributed by atoms with Crippen LogP contribution in [0.25, 0.3) is 0 Å². The van der Waals surface area contributed by atoms with E-state index in [1.54, 1.807) is 43.4 Å². The molecular formula is C18H20N2O3. The molecule has 0 heterocycles. The van der Waals surface area contributed by atoms with Crippen molar-refractivity contribution in [1.82, 2.24) is 0 Å². The van der Waals surface area contributed by atoms with Crippen molar-refractivity contribution in [2.45, 2.75) is 19.4 Å². The van der Waals surface area contributed by atoms with E-state index in [9.17, 15) is 14.7 Å². The number of hydrogen-bond donors (Lipinski definition) is 2. The maximum Gasteiger partial charge on any atom is 0.227 e. The lowest BCUT2D eigenvalue weighted by molar-refractivity contribution is -0.118. The lowest BCUT2D eigenvalue weighted by atomic mass is 10.1. The summed E-state index contributed by atoms with van der Waals surface area (Å²) in [7, 11) is 1.64.